The highest BCUT2D eigenvalue weighted by atomic mass is 31.1. The SMILES string of the molecule is Cn1c2ccccc2c2c(-c3ccc4c5ccccc5p(-c5ccccc5)c4c3)cccc21. The van der Waals surface area contributed by atoms with Gasteiger partial charge in [0.15, 0.2) is 0 Å². The van der Waals surface area contributed by atoms with Gasteiger partial charge in [-0.1, -0.05) is 105 Å². The van der Waals surface area contributed by atoms with Crippen LogP contribution in [0.15, 0.2) is 115 Å². The number of benzene rings is 5. The number of hydrogen-bond acceptors (Lipinski definition) is 0. The lowest BCUT2D eigenvalue weighted by molar-refractivity contribution is 1.01. The monoisotopic (exact) mass is 439 g/mol. The zero-order valence-electron chi connectivity index (χ0n) is 18.4. The molecule has 33 heavy (non-hydrogen) atoms. The molecule has 0 spiro atoms. The summed E-state index contributed by atoms with van der Waals surface area (Å²) in [6.45, 7) is 0. The summed E-state index contributed by atoms with van der Waals surface area (Å²) in [5.41, 5.74) is 5.17. The van der Waals surface area contributed by atoms with Gasteiger partial charge in [-0.2, -0.15) is 0 Å². The fraction of sp³-hybridized carbons (Fsp3) is 0.0323. The third kappa shape index (κ3) is 2.67. The van der Waals surface area contributed by atoms with Crippen LogP contribution >= 0.6 is 7.53 Å². The van der Waals surface area contributed by atoms with E-state index < -0.39 is 7.53 Å². The Hall–Kier alpha value is -3.80. The summed E-state index contributed by atoms with van der Waals surface area (Å²) in [6, 6.07) is 42.5. The minimum absolute atomic E-state index is 0.556. The van der Waals surface area contributed by atoms with Gasteiger partial charge in [-0.25, -0.2) is 0 Å². The van der Waals surface area contributed by atoms with Crippen LogP contribution in [-0.4, -0.2) is 4.57 Å². The molecule has 1 nitrogen and oxygen atoms in total. The summed E-state index contributed by atoms with van der Waals surface area (Å²) < 4.78 is 2.31. The first-order chi connectivity index (χ1) is 16.3. The van der Waals surface area contributed by atoms with Gasteiger partial charge in [0.25, 0.3) is 0 Å². The third-order valence-corrected chi connectivity index (χ3v) is 9.48. The molecule has 2 aromatic heterocycles. The molecule has 0 aliphatic rings. The minimum Gasteiger partial charge on any atom is -0.344 e. The van der Waals surface area contributed by atoms with Crippen LogP contribution in [0.2, 0.25) is 0 Å². The predicted molar refractivity (Wildman–Crippen MR) is 145 cm³/mol. The average molecular weight is 439 g/mol. The maximum Gasteiger partial charge on any atom is 0.0495 e. The number of nitrogens with zero attached hydrogens (tertiary/aromatic N) is 1. The molecule has 0 saturated heterocycles. The fourth-order valence-corrected chi connectivity index (χ4v) is 8.11. The van der Waals surface area contributed by atoms with Crippen molar-refractivity contribution in [2.45, 2.75) is 0 Å². The molecule has 2 heteroatoms. The topological polar surface area (TPSA) is 4.93 Å². The molecule has 0 aliphatic carbocycles. The summed E-state index contributed by atoms with van der Waals surface area (Å²) in [5.74, 6) is 0. The molecule has 5 aromatic carbocycles. The van der Waals surface area contributed by atoms with Gasteiger partial charge in [0, 0.05) is 39.1 Å². The van der Waals surface area contributed by atoms with Crippen molar-refractivity contribution in [1.82, 2.24) is 4.57 Å². The van der Waals surface area contributed by atoms with E-state index in [2.05, 4.69) is 127 Å². The molecule has 0 radical (unpaired) electrons. The Balaban J connectivity index is 1.59. The van der Waals surface area contributed by atoms with Crippen molar-refractivity contribution in [3.05, 3.63) is 115 Å². The molecule has 0 amide bonds. The Morgan fingerprint density at radius 1 is 0.545 bits per heavy atom. The van der Waals surface area contributed by atoms with Crippen molar-refractivity contribution in [2.24, 2.45) is 7.05 Å². The minimum atomic E-state index is -0.556. The Morgan fingerprint density at radius 3 is 2.12 bits per heavy atom. The molecular formula is C31H22NP. The number of fused-ring (bicyclic) bond motifs is 6. The van der Waals surface area contributed by atoms with Gasteiger partial charge in [0.1, 0.15) is 0 Å². The van der Waals surface area contributed by atoms with E-state index in [1.165, 1.54) is 59.2 Å². The van der Waals surface area contributed by atoms with Gasteiger partial charge >= 0.3 is 0 Å². The Morgan fingerprint density at radius 2 is 1.24 bits per heavy atom. The maximum absolute atomic E-state index is 2.46. The van der Waals surface area contributed by atoms with Crippen LogP contribution in [0.5, 0.6) is 0 Å². The van der Waals surface area contributed by atoms with Crippen LogP contribution in [0, 0.1) is 0 Å². The van der Waals surface area contributed by atoms with E-state index in [0.717, 1.165) is 0 Å². The van der Waals surface area contributed by atoms with Crippen LogP contribution in [-0.2, 0) is 7.05 Å². The second kappa shape index (κ2) is 7.10. The van der Waals surface area contributed by atoms with Crippen molar-refractivity contribution < 1.29 is 0 Å². The van der Waals surface area contributed by atoms with E-state index in [4.69, 9.17) is 0 Å². The maximum atomic E-state index is 2.46. The van der Waals surface area contributed by atoms with Gasteiger partial charge in [-0.15, -0.1) is 0 Å². The van der Waals surface area contributed by atoms with Crippen LogP contribution in [0.1, 0.15) is 0 Å². The molecule has 1 atom stereocenters. The number of rotatable bonds is 2. The van der Waals surface area contributed by atoms with Crippen molar-refractivity contribution in [1.29, 1.82) is 0 Å². The van der Waals surface area contributed by atoms with E-state index in [1.807, 2.05) is 0 Å². The van der Waals surface area contributed by atoms with Crippen LogP contribution in [0.25, 0.3) is 59.2 Å². The highest BCUT2D eigenvalue weighted by Crippen LogP contribution is 2.55. The lowest BCUT2D eigenvalue weighted by atomic mass is 9.98. The van der Waals surface area contributed by atoms with Gasteiger partial charge < -0.3 is 4.57 Å². The van der Waals surface area contributed by atoms with Crippen LogP contribution < -0.4 is 0 Å². The van der Waals surface area contributed by atoms with Gasteiger partial charge in [-0.3, -0.25) is 0 Å². The molecule has 0 saturated carbocycles. The first kappa shape index (κ1) is 18.7. The largest absolute Gasteiger partial charge is 0.344 e. The first-order valence-electron chi connectivity index (χ1n) is 11.4. The van der Waals surface area contributed by atoms with Gasteiger partial charge in [0.05, 0.1) is 0 Å². The summed E-state index contributed by atoms with van der Waals surface area (Å²) in [4.78, 5) is 0. The molecule has 1 unspecified atom stereocenters. The van der Waals surface area contributed by atoms with Crippen molar-refractivity contribution in [3.63, 3.8) is 0 Å². The molecule has 7 aromatic rings. The lowest BCUT2D eigenvalue weighted by Gasteiger charge is -2.08. The van der Waals surface area contributed by atoms with Gasteiger partial charge in [0.2, 0.25) is 0 Å². The van der Waals surface area contributed by atoms with E-state index in [9.17, 15) is 0 Å². The zero-order chi connectivity index (χ0) is 21.9. The van der Waals surface area contributed by atoms with E-state index in [1.54, 1.807) is 0 Å². The summed E-state index contributed by atoms with van der Waals surface area (Å²) >= 11 is 0. The first-order valence-corrected chi connectivity index (χ1v) is 12.7. The fourth-order valence-electron chi connectivity index (χ4n) is 5.44. The Kier molecular flexibility index (Phi) is 4.03. The van der Waals surface area contributed by atoms with E-state index in [-0.39, 0.29) is 0 Å². The standard InChI is InChI=1S/C31H22NP/c1-32-27-15-7-5-13-26(27)31-23(14-9-16-28(31)32)21-18-19-25-24-12-6-8-17-29(24)33(30(25)20-21)22-10-3-2-4-11-22/h2-20H,1H3. The number of para-hydroxylation sites is 1. The molecular weight excluding hydrogens is 417 g/mol. The number of aromatic nitrogens is 1. The second-order valence-corrected chi connectivity index (χ2v) is 10.8. The molecule has 7 rings (SSSR count). The lowest BCUT2D eigenvalue weighted by Crippen LogP contribution is -1.86. The molecule has 0 aliphatic heterocycles. The zero-order valence-corrected chi connectivity index (χ0v) is 19.3. The van der Waals surface area contributed by atoms with Crippen LogP contribution in [0.3, 0.4) is 0 Å². The van der Waals surface area contributed by atoms with Crippen molar-refractivity contribution in [3.8, 4) is 16.4 Å². The quantitative estimate of drug-likeness (QED) is 0.253. The predicted octanol–water partition coefficient (Wildman–Crippen LogP) is 9.28. The normalized spacial score (nSPS) is 12.3. The van der Waals surface area contributed by atoms with Gasteiger partial charge in [-0.05, 0) is 45.4 Å². The second-order valence-electron chi connectivity index (χ2n) is 8.70. The summed E-state index contributed by atoms with van der Waals surface area (Å²) in [7, 11) is 1.61. The summed E-state index contributed by atoms with van der Waals surface area (Å²) in [6.07, 6.45) is 0. The Labute approximate surface area is 193 Å². The van der Waals surface area contributed by atoms with E-state index >= 15 is 0 Å². The average Bonchev–Trinajstić information content (AvgIpc) is 3.37. The molecule has 0 fully saturated rings. The highest BCUT2D eigenvalue weighted by Gasteiger charge is 2.16. The Bertz CT molecular complexity index is 1820. The van der Waals surface area contributed by atoms with Crippen molar-refractivity contribution >= 4 is 50.3 Å². The molecule has 156 valence electrons. The molecule has 0 bridgehead atoms. The molecule has 2 heterocycles. The van der Waals surface area contributed by atoms with Crippen molar-refractivity contribution in [2.75, 3.05) is 0 Å². The van der Waals surface area contributed by atoms with Crippen LogP contribution in [0.4, 0.5) is 0 Å². The third-order valence-electron chi connectivity index (χ3n) is 6.94. The molecule has 0 N–H and O–H groups in total. The number of aryl methyl sites for hydroxylation is 1. The van der Waals surface area contributed by atoms with E-state index in [0.29, 0.717) is 0 Å². The highest BCUT2D eigenvalue weighted by molar-refractivity contribution is 7.67. The summed E-state index contributed by atoms with van der Waals surface area (Å²) in [5, 5.41) is 9.78. The smallest absolute Gasteiger partial charge is 0.0495 e. The number of hydrogen-bond donors (Lipinski definition) is 0.